The predicted octanol–water partition coefficient (Wildman–Crippen LogP) is 2.82. The van der Waals surface area contributed by atoms with E-state index in [0.717, 1.165) is 36.8 Å². The average molecular weight is 275 g/mol. The molecule has 2 N–H and O–H groups in total. The lowest BCUT2D eigenvalue weighted by Gasteiger charge is -2.29. The summed E-state index contributed by atoms with van der Waals surface area (Å²) in [5.41, 5.74) is 2.09. The van der Waals surface area contributed by atoms with Gasteiger partial charge in [-0.1, -0.05) is 25.0 Å². The summed E-state index contributed by atoms with van der Waals surface area (Å²) in [6, 6.07) is 5.62. The molecule has 0 aromatic heterocycles. The van der Waals surface area contributed by atoms with Gasteiger partial charge in [0.25, 0.3) is 5.91 Å². The van der Waals surface area contributed by atoms with E-state index in [0.29, 0.717) is 5.56 Å². The fourth-order valence-electron chi connectivity index (χ4n) is 2.99. The standard InChI is InChI=1S/C16H21NO3/c1-11-6-5-7-13(12(11)2)15(20)17-16(10-14(18)19)8-3-4-9-16/h5-7H,3-4,8-10H2,1-2H3,(H,17,20)(H,18,19). The molecular formula is C16H21NO3. The summed E-state index contributed by atoms with van der Waals surface area (Å²) in [5, 5.41) is 12.1. The van der Waals surface area contributed by atoms with Crippen molar-refractivity contribution in [2.75, 3.05) is 0 Å². The van der Waals surface area contributed by atoms with Crippen LogP contribution in [0.1, 0.15) is 53.6 Å². The first-order valence-electron chi connectivity index (χ1n) is 7.04. The maximum atomic E-state index is 12.5. The molecule has 20 heavy (non-hydrogen) atoms. The molecule has 1 amide bonds. The number of carbonyl (C=O) groups is 2. The highest BCUT2D eigenvalue weighted by molar-refractivity contribution is 5.96. The molecule has 0 bridgehead atoms. The molecule has 4 heteroatoms. The molecule has 0 saturated heterocycles. The van der Waals surface area contributed by atoms with Crippen LogP contribution in [-0.4, -0.2) is 22.5 Å². The van der Waals surface area contributed by atoms with Crippen molar-refractivity contribution in [1.82, 2.24) is 5.32 Å². The largest absolute Gasteiger partial charge is 0.481 e. The van der Waals surface area contributed by atoms with E-state index in [2.05, 4.69) is 5.32 Å². The minimum Gasteiger partial charge on any atom is -0.481 e. The Balaban J connectivity index is 2.20. The van der Waals surface area contributed by atoms with Crippen LogP contribution in [0.5, 0.6) is 0 Å². The van der Waals surface area contributed by atoms with Gasteiger partial charge in [-0.25, -0.2) is 0 Å². The third-order valence-electron chi connectivity index (χ3n) is 4.28. The Morgan fingerprint density at radius 1 is 1.25 bits per heavy atom. The Bertz CT molecular complexity index is 531. The van der Waals surface area contributed by atoms with E-state index in [1.165, 1.54) is 0 Å². The van der Waals surface area contributed by atoms with Crippen molar-refractivity contribution in [2.45, 2.75) is 51.5 Å². The van der Waals surface area contributed by atoms with Gasteiger partial charge in [0.15, 0.2) is 0 Å². The van der Waals surface area contributed by atoms with Crippen LogP contribution in [0.25, 0.3) is 0 Å². The van der Waals surface area contributed by atoms with Gasteiger partial charge in [-0.2, -0.15) is 0 Å². The molecule has 0 atom stereocenters. The van der Waals surface area contributed by atoms with Gasteiger partial charge >= 0.3 is 5.97 Å². The fraction of sp³-hybridized carbons (Fsp3) is 0.500. The van der Waals surface area contributed by atoms with Gasteiger partial charge in [0, 0.05) is 5.56 Å². The van der Waals surface area contributed by atoms with E-state index in [4.69, 9.17) is 5.11 Å². The first-order chi connectivity index (χ1) is 9.43. The molecule has 0 radical (unpaired) electrons. The summed E-state index contributed by atoms with van der Waals surface area (Å²) >= 11 is 0. The van der Waals surface area contributed by atoms with E-state index >= 15 is 0 Å². The maximum absolute atomic E-state index is 12.5. The van der Waals surface area contributed by atoms with Crippen LogP contribution in [0.3, 0.4) is 0 Å². The number of amides is 1. The third-order valence-corrected chi connectivity index (χ3v) is 4.28. The number of hydrogen-bond acceptors (Lipinski definition) is 2. The molecule has 2 rings (SSSR count). The van der Waals surface area contributed by atoms with Crippen molar-refractivity contribution >= 4 is 11.9 Å². The molecule has 0 aliphatic heterocycles. The van der Waals surface area contributed by atoms with Crippen molar-refractivity contribution in [3.05, 3.63) is 34.9 Å². The molecule has 1 aromatic rings. The molecule has 4 nitrogen and oxygen atoms in total. The van der Waals surface area contributed by atoms with Crippen LogP contribution in [0.15, 0.2) is 18.2 Å². The average Bonchev–Trinajstić information content (AvgIpc) is 2.79. The van der Waals surface area contributed by atoms with Crippen LogP contribution in [0.2, 0.25) is 0 Å². The molecule has 1 aliphatic carbocycles. The zero-order valence-corrected chi connectivity index (χ0v) is 12.0. The van der Waals surface area contributed by atoms with Gasteiger partial charge in [-0.3, -0.25) is 9.59 Å². The summed E-state index contributed by atoms with van der Waals surface area (Å²) in [4.78, 5) is 23.5. The van der Waals surface area contributed by atoms with E-state index in [-0.39, 0.29) is 12.3 Å². The highest BCUT2D eigenvalue weighted by atomic mass is 16.4. The zero-order valence-electron chi connectivity index (χ0n) is 12.0. The first-order valence-corrected chi connectivity index (χ1v) is 7.04. The number of carboxylic acids is 1. The minimum atomic E-state index is -0.854. The van der Waals surface area contributed by atoms with Crippen LogP contribution in [0.4, 0.5) is 0 Å². The van der Waals surface area contributed by atoms with E-state index in [9.17, 15) is 9.59 Å². The van der Waals surface area contributed by atoms with Crippen LogP contribution >= 0.6 is 0 Å². The van der Waals surface area contributed by atoms with Gasteiger partial charge in [0.1, 0.15) is 0 Å². The Labute approximate surface area is 119 Å². The van der Waals surface area contributed by atoms with Gasteiger partial charge in [0.2, 0.25) is 0 Å². The summed E-state index contributed by atoms with van der Waals surface area (Å²) in [5.74, 6) is -1.01. The minimum absolute atomic E-state index is 0.00357. The van der Waals surface area contributed by atoms with Gasteiger partial charge < -0.3 is 10.4 Å². The number of aryl methyl sites for hydroxylation is 1. The van der Waals surface area contributed by atoms with Crippen molar-refractivity contribution in [2.24, 2.45) is 0 Å². The molecule has 1 saturated carbocycles. The van der Waals surface area contributed by atoms with Crippen molar-refractivity contribution in [3.63, 3.8) is 0 Å². The van der Waals surface area contributed by atoms with Gasteiger partial charge in [-0.15, -0.1) is 0 Å². The third kappa shape index (κ3) is 3.00. The number of hydrogen-bond donors (Lipinski definition) is 2. The molecule has 1 aliphatic rings. The summed E-state index contributed by atoms with van der Waals surface area (Å²) in [6.07, 6.45) is 3.44. The summed E-state index contributed by atoms with van der Waals surface area (Å²) < 4.78 is 0. The fourth-order valence-corrected chi connectivity index (χ4v) is 2.99. The molecular weight excluding hydrogens is 254 g/mol. The Hall–Kier alpha value is -1.84. The number of carbonyl (C=O) groups excluding carboxylic acids is 1. The second-order valence-corrected chi connectivity index (χ2v) is 5.76. The molecule has 1 fully saturated rings. The van der Waals surface area contributed by atoms with E-state index in [1.54, 1.807) is 6.07 Å². The van der Waals surface area contributed by atoms with Gasteiger partial charge in [-0.05, 0) is 43.9 Å². The number of rotatable bonds is 4. The second-order valence-electron chi connectivity index (χ2n) is 5.76. The quantitative estimate of drug-likeness (QED) is 0.888. The molecule has 0 spiro atoms. The van der Waals surface area contributed by atoms with Crippen molar-refractivity contribution in [3.8, 4) is 0 Å². The number of aliphatic carboxylic acids is 1. The Kier molecular flexibility index (Phi) is 4.12. The Morgan fingerprint density at radius 2 is 1.90 bits per heavy atom. The topological polar surface area (TPSA) is 66.4 Å². The van der Waals surface area contributed by atoms with Crippen molar-refractivity contribution in [1.29, 1.82) is 0 Å². The second kappa shape index (κ2) is 5.65. The number of nitrogens with one attached hydrogen (secondary N) is 1. The molecule has 108 valence electrons. The predicted molar refractivity (Wildman–Crippen MR) is 76.8 cm³/mol. The molecule has 0 heterocycles. The van der Waals surface area contributed by atoms with E-state index < -0.39 is 11.5 Å². The van der Waals surface area contributed by atoms with Crippen LogP contribution < -0.4 is 5.32 Å². The number of carboxylic acid groups (broad SMARTS) is 1. The summed E-state index contributed by atoms with van der Waals surface area (Å²) in [6.45, 7) is 3.89. The smallest absolute Gasteiger partial charge is 0.305 e. The van der Waals surface area contributed by atoms with Crippen LogP contribution in [-0.2, 0) is 4.79 Å². The van der Waals surface area contributed by atoms with E-state index in [1.807, 2.05) is 26.0 Å². The number of benzene rings is 1. The van der Waals surface area contributed by atoms with Crippen LogP contribution in [0, 0.1) is 13.8 Å². The van der Waals surface area contributed by atoms with Crippen molar-refractivity contribution < 1.29 is 14.7 Å². The highest BCUT2D eigenvalue weighted by Gasteiger charge is 2.37. The summed E-state index contributed by atoms with van der Waals surface area (Å²) in [7, 11) is 0. The zero-order chi connectivity index (χ0) is 14.8. The first kappa shape index (κ1) is 14.6. The normalized spacial score (nSPS) is 16.9. The van der Waals surface area contributed by atoms with Gasteiger partial charge in [0.05, 0.1) is 12.0 Å². The lowest BCUT2D eigenvalue weighted by Crippen LogP contribution is -2.48. The SMILES string of the molecule is Cc1cccc(C(=O)NC2(CC(=O)O)CCCC2)c1C. The molecule has 0 unspecified atom stereocenters. The molecule has 1 aromatic carbocycles. The Morgan fingerprint density at radius 3 is 2.50 bits per heavy atom. The highest BCUT2D eigenvalue weighted by Crippen LogP contribution is 2.33. The maximum Gasteiger partial charge on any atom is 0.305 e. The monoisotopic (exact) mass is 275 g/mol. The lowest BCUT2D eigenvalue weighted by atomic mass is 9.92. The lowest BCUT2D eigenvalue weighted by molar-refractivity contribution is -0.138.